The predicted molar refractivity (Wildman–Crippen MR) is 59.8 cm³/mol. The molecule has 0 radical (unpaired) electrons. The third kappa shape index (κ3) is 2.36. The van der Waals surface area contributed by atoms with E-state index in [0.29, 0.717) is 0 Å². The normalized spacial score (nSPS) is 33.8. The first kappa shape index (κ1) is 10.8. The first-order valence-corrected chi connectivity index (χ1v) is 5.57. The van der Waals surface area contributed by atoms with E-state index in [2.05, 4.69) is 13.0 Å². The van der Waals surface area contributed by atoms with E-state index in [4.69, 9.17) is 0 Å². The van der Waals surface area contributed by atoms with Gasteiger partial charge in [0.15, 0.2) is 0 Å². The molecule has 2 atom stereocenters. The molecule has 0 nitrogen and oxygen atoms in total. The van der Waals surface area contributed by atoms with Gasteiger partial charge >= 0.3 is 0 Å². The summed E-state index contributed by atoms with van der Waals surface area (Å²) in [6.07, 6.45) is 12.6. The van der Waals surface area contributed by atoms with Crippen LogP contribution in [0, 0.1) is 11.8 Å². The molecule has 0 heterocycles. The van der Waals surface area contributed by atoms with E-state index in [0.717, 1.165) is 11.8 Å². The van der Waals surface area contributed by atoms with Gasteiger partial charge in [-0.05, 0) is 43.9 Å². The minimum atomic E-state index is 0. The van der Waals surface area contributed by atoms with Crippen molar-refractivity contribution in [2.75, 3.05) is 0 Å². The summed E-state index contributed by atoms with van der Waals surface area (Å²) < 4.78 is 0. The highest BCUT2D eigenvalue weighted by Gasteiger charge is 2.26. The summed E-state index contributed by atoms with van der Waals surface area (Å²) in [6.45, 7) is 2.44. The zero-order chi connectivity index (χ0) is 8.39. The van der Waals surface area contributed by atoms with Gasteiger partial charge in [-0.2, -0.15) is 0 Å². The molecule has 0 N–H and O–H groups in total. The van der Waals surface area contributed by atoms with Crippen molar-refractivity contribution in [2.24, 2.45) is 11.8 Å². The first-order valence-electron chi connectivity index (χ1n) is 5.57. The first-order chi connectivity index (χ1) is 5.88. The van der Waals surface area contributed by atoms with Crippen LogP contribution in [0.15, 0.2) is 11.6 Å². The van der Waals surface area contributed by atoms with Crippen LogP contribution in [-0.4, -0.2) is 0 Å². The van der Waals surface area contributed by atoms with Crippen molar-refractivity contribution in [1.29, 1.82) is 0 Å². The Hall–Kier alpha value is -0.260. The lowest BCUT2D eigenvalue weighted by atomic mass is 9.84. The summed E-state index contributed by atoms with van der Waals surface area (Å²) in [5, 5.41) is 0. The summed E-state index contributed by atoms with van der Waals surface area (Å²) >= 11 is 0. The molecule has 1 fully saturated rings. The van der Waals surface area contributed by atoms with Crippen LogP contribution in [0.5, 0.6) is 0 Å². The van der Waals surface area contributed by atoms with Gasteiger partial charge in [-0.15, -0.1) is 0 Å². The van der Waals surface area contributed by atoms with Crippen molar-refractivity contribution in [3.8, 4) is 0 Å². The molecule has 2 aliphatic carbocycles. The molecule has 0 saturated heterocycles. The van der Waals surface area contributed by atoms with Crippen molar-refractivity contribution in [2.45, 2.75) is 59.3 Å². The van der Waals surface area contributed by atoms with Crippen LogP contribution in [0.1, 0.15) is 59.3 Å². The van der Waals surface area contributed by atoms with Gasteiger partial charge in [-0.3, -0.25) is 0 Å². The molecule has 2 rings (SSSR count). The Bertz CT molecular complexity index is 178. The molecule has 0 aromatic rings. The Labute approximate surface area is 83.4 Å². The van der Waals surface area contributed by atoms with Crippen molar-refractivity contribution in [1.82, 2.24) is 0 Å². The quantitative estimate of drug-likeness (QED) is 0.519. The molecule has 0 aliphatic heterocycles. The van der Waals surface area contributed by atoms with E-state index in [1.807, 2.05) is 5.57 Å². The second-order valence-electron chi connectivity index (χ2n) is 4.54. The minimum Gasteiger partial charge on any atom is -0.0850 e. The Kier molecular flexibility index (Phi) is 4.02. The molecule has 76 valence electrons. The second-order valence-corrected chi connectivity index (χ2v) is 4.54. The molecule has 0 bridgehead atoms. The van der Waals surface area contributed by atoms with Crippen molar-refractivity contribution in [3.05, 3.63) is 11.6 Å². The van der Waals surface area contributed by atoms with Crippen LogP contribution in [0.2, 0.25) is 0 Å². The zero-order valence-electron chi connectivity index (χ0n) is 8.18. The summed E-state index contributed by atoms with van der Waals surface area (Å²) in [4.78, 5) is 0. The third-order valence-electron chi connectivity index (χ3n) is 3.66. The van der Waals surface area contributed by atoms with Gasteiger partial charge < -0.3 is 0 Å². The SMILES string of the molecule is C.CC1CCCC1C1=CCCCC1. The van der Waals surface area contributed by atoms with Gasteiger partial charge in [0, 0.05) is 0 Å². The predicted octanol–water partition coefficient (Wildman–Crippen LogP) is 4.56. The molecule has 0 spiro atoms. The van der Waals surface area contributed by atoms with E-state index in [9.17, 15) is 0 Å². The van der Waals surface area contributed by atoms with Crippen LogP contribution >= 0.6 is 0 Å². The molecule has 0 amide bonds. The Morgan fingerprint density at radius 3 is 2.54 bits per heavy atom. The van der Waals surface area contributed by atoms with Gasteiger partial charge in [0.1, 0.15) is 0 Å². The molecule has 0 aromatic heterocycles. The minimum absolute atomic E-state index is 0. The van der Waals surface area contributed by atoms with E-state index >= 15 is 0 Å². The molecule has 0 heteroatoms. The molecular weight excluding hydrogens is 156 g/mol. The average Bonchev–Trinajstić information content (AvgIpc) is 2.53. The summed E-state index contributed by atoms with van der Waals surface area (Å²) in [6, 6.07) is 0. The van der Waals surface area contributed by atoms with E-state index < -0.39 is 0 Å². The maximum Gasteiger partial charge on any atom is -0.0178 e. The maximum atomic E-state index is 2.54. The number of hydrogen-bond acceptors (Lipinski definition) is 0. The van der Waals surface area contributed by atoms with Gasteiger partial charge in [-0.25, -0.2) is 0 Å². The third-order valence-corrected chi connectivity index (χ3v) is 3.66. The fourth-order valence-corrected chi connectivity index (χ4v) is 2.90. The average molecular weight is 180 g/mol. The topological polar surface area (TPSA) is 0 Å². The maximum absolute atomic E-state index is 2.54. The van der Waals surface area contributed by atoms with Crippen LogP contribution in [0.4, 0.5) is 0 Å². The number of hydrogen-bond donors (Lipinski definition) is 0. The fraction of sp³-hybridized carbons (Fsp3) is 0.846. The van der Waals surface area contributed by atoms with Crippen molar-refractivity contribution in [3.63, 3.8) is 0 Å². The standard InChI is InChI=1S/C12H20.CH4/c1-10-6-5-9-12(10)11-7-3-2-4-8-11;/h7,10,12H,2-6,8-9H2,1H3;1H4. The lowest BCUT2D eigenvalue weighted by molar-refractivity contribution is 0.452. The van der Waals surface area contributed by atoms with Crippen LogP contribution < -0.4 is 0 Å². The van der Waals surface area contributed by atoms with E-state index in [-0.39, 0.29) is 7.43 Å². The van der Waals surface area contributed by atoms with E-state index in [1.54, 1.807) is 0 Å². The Morgan fingerprint density at radius 2 is 2.00 bits per heavy atom. The summed E-state index contributed by atoms with van der Waals surface area (Å²) in [7, 11) is 0. The van der Waals surface area contributed by atoms with Gasteiger partial charge in [0.05, 0.1) is 0 Å². The largest absolute Gasteiger partial charge is 0.0850 e. The molecule has 0 aromatic carbocycles. The molecule has 2 aliphatic rings. The van der Waals surface area contributed by atoms with Crippen LogP contribution in [0.25, 0.3) is 0 Å². The lowest BCUT2D eigenvalue weighted by Gasteiger charge is -2.22. The van der Waals surface area contributed by atoms with Gasteiger partial charge in [0.25, 0.3) is 0 Å². The monoisotopic (exact) mass is 180 g/mol. The molecule has 13 heavy (non-hydrogen) atoms. The molecule has 1 saturated carbocycles. The van der Waals surface area contributed by atoms with Crippen LogP contribution in [0.3, 0.4) is 0 Å². The highest BCUT2D eigenvalue weighted by atomic mass is 14.3. The van der Waals surface area contributed by atoms with Crippen molar-refractivity contribution >= 4 is 0 Å². The summed E-state index contributed by atoms with van der Waals surface area (Å²) in [5.41, 5.74) is 1.81. The zero-order valence-corrected chi connectivity index (χ0v) is 8.18. The number of rotatable bonds is 1. The van der Waals surface area contributed by atoms with Crippen molar-refractivity contribution < 1.29 is 0 Å². The second kappa shape index (κ2) is 4.83. The van der Waals surface area contributed by atoms with Gasteiger partial charge in [-0.1, -0.05) is 38.8 Å². The smallest absolute Gasteiger partial charge is 0.0178 e. The van der Waals surface area contributed by atoms with Crippen LogP contribution in [-0.2, 0) is 0 Å². The molecule has 2 unspecified atom stereocenters. The Balaban J connectivity index is 0.000000845. The number of allylic oxidation sites excluding steroid dienone is 2. The lowest BCUT2D eigenvalue weighted by Crippen LogP contribution is -2.09. The van der Waals surface area contributed by atoms with E-state index in [1.165, 1.54) is 44.9 Å². The molecular formula is C13H24. The highest BCUT2D eigenvalue weighted by Crippen LogP contribution is 2.39. The van der Waals surface area contributed by atoms with Gasteiger partial charge in [0.2, 0.25) is 0 Å². The fourth-order valence-electron chi connectivity index (χ4n) is 2.90. The Morgan fingerprint density at radius 1 is 1.15 bits per heavy atom. The highest BCUT2D eigenvalue weighted by molar-refractivity contribution is 5.11. The summed E-state index contributed by atoms with van der Waals surface area (Å²) in [5.74, 6) is 1.96.